The summed E-state index contributed by atoms with van der Waals surface area (Å²) >= 11 is 0. The van der Waals surface area contributed by atoms with E-state index in [-0.39, 0.29) is 0 Å². The highest BCUT2D eigenvalue weighted by Gasteiger charge is 2.36. The maximum absolute atomic E-state index is 12.3. The molecular weight excluding hydrogens is 414 g/mol. The lowest BCUT2D eigenvalue weighted by Gasteiger charge is -2.43. The van der Waals surface area contributed by atoms with Crippen molar-refractivity contribution in [2.45, 2.75) is 129 Å². The van der Waals surface area contributed by atoms with E-state index in [0.717, 1.165) is 54.6 Å². The molecule has 0 radical (unpaired) electrons. The number of halogens is 2. The van der Waals surface area contributed by atoms with Crippen LogP contribution in [0.25, 0.3) is 0 Å². The average Bonchev–Trinajstić information content (AvgIpc) is 2.85. The predicted octanol–water partition coefficient (Wildman–Crippen LogP) is 9.56. The van der Waals surface area contributed by atoms with E-state index in [1.165, 1.54) is 103 Å². The summed E-state index contributed by atoms with van der Waals surface area (Å²) in [5.41, 5.74) is 0. The third-order valence-electron chi connectivity index (χ3n) is 10.4. The lowest BCUT2D eigenvalue weighted by Crippen LogP contribution is -2.34. The third-order valence-corrected chi connectivity index (χ3v) is 10.4. The van der Waals surface area contributed by atoms with Crippen molar-refractivity contribution in [2.24, 2.45) is 41.4 Å². The monoisotopic (exact) mass is 464 g/mol. The van der Waals surface area contributed by atoms with Gasteiger partial charge in [-0.2, -0.15) is 8.78 Å². The molecule has 4 aliphatic rings. The summed E-state index contributed by atoms with van der Waals surface area (Å²) in [4.78, 5) is 0. The minimum atomic E-state index is -1.50. The van der Waals surface area contributed by atoms with Gasteiger partial charge in [0.05, 0.1) is 12.7 Å². The highest BCUT2D eigenvalue weighted by molar-refractivity contribution is 4.88. The van der Waals surface area contributed by atoms with Crippen LogP contribution in [0.3, 0.4) is 0 Å². The second kappa shape index (κ2) is 13.0. The Morgan fingerprint density at radius 3 is 1.52 bits per heavy atom. The molecule has 3 heteroatoms. The van der Waals surface area contributed by atoms with Gasteiger partial charge in [-0.05, 0) is 144 Å². The number of hydrogen-bond acceptors (Lipinski definition) is 1. The Kier molecular flexibility index (Phi) is 10.1. The molecule has 0 bridgehead atoms. The van der Waals surface area contributed by atoms with Gasteiger partial charge in [0.25, 0.3) is 6.08 Å². The van der Waals surface area contributed by atoms with Crippen molar-refractivity contribution in [3.8, 4) is 0 Å². The lowest BCUT2D eigenvalue weighted by molar-refractivity contribution is -0.0439. The van der Waals surface area contributed by atoms with Gasteiger partial charge in [0.15, 0.2) is 0 Å². The van der Waals surface area contributed by atoms with Gasteiger partial charge < -0.3 is 4.74 Å². The molecule has 33 heavy (non-hydrogen) atoms. The van der Waals surface area contributed by atoms with Gasteiger partial charge in [0, 0.05) is 0 Å². The largest absolute Gasteiger partial charge is 0.378 e. The van der Waals surface area contributed by atoms with E-state index in [2.05, 4.69) is 6.92 Å². The molecule has 2 unspecified atom stereocenters. The fourth-order valence-corrected chi connectivity index (χ4v) is 8.30. The molecule has 3 saturated carbocycles. The van der Waals surface area contributed by atoms with Crippen molar-refractivity contribution in [3.05, 3.63) is 12.2 Å². The van der Waals surface area contributed by atoms with Gasteiger partial charge in [-0.1, -0.05) is 26.2 Å². The fourth-order valence-electron chi connectivity index (χ4n) is 8.30. The SMILES string of the molecule is CCCC1CCC(C2CCC(C3CCC(C4CCC(CCC=C(F)F)CC4)CC3)CC2)CO1. The molecule has 0 aromatic carbocycles. The number of hydrogen-bond donors (Lipinski definition) is 0. The normalized spacial score (nSPS) is 40.3. The summed E-state index contributed by atoms with van der Waals surface area (Å²) in [6.07, 6.45) is 24.0. The van der Waals surface area contributed by atoms with Crippen LogP contribution in [-0.4, -0.2) is 12.7 Å². The van der Waals surface area contributed by atoms with E-state index in [1.807, 2.05) is 0 Å². The Hall–Kier alpha value is -0.440. The Bertz CT molecular complexity index is 568. The second-order valence-corrected chi connectivity index (χ2v) is 12.3. The number of ether oxygens (including phenoxy) is 1. The molecule has 0 aromatic rings. The zero-order valence-electron chi connectivity index (χ0n) is 21.3. The topological polar surface area (TPSA) is 9.23 Å². The summed E-state index contributed by atoms with van der Waals surface area (Å²) in [6, 6.07) is 0. The molecule has 0 amide bonds. The minimum absolute atomic E-state index is 0.552. The Morgan fingerprint density at radius 1 is 0.636 bits per heavy atom. The van der Waals surface area contributed by atoms with E-state index in [0.29, 0.717) is 18.4 Å². The van der Waals surface area contributed by atoms with Gasteiger partial charge in [-0.25, -0.2) is 0 Å². The van der Waals surface area contributed by atoms with Crippen LogP contribution in [0.5, 0.6) is 0 Å². The smallest absolute Gasteiger partial charge is 0.266 e. The van der Waals surface area contributed by atoms with Gasteiger partial charge in [0.1, 0.15) is 0 Å². The zero-order valence-corrected chi connectivity index (χ0v) is 21.3. The van der Waals surface area contributed by atoms with Crippen molar-refractivity contribution in [2.75, 3.05) is 6.61 Å². The zero-order chi connectivity index (χ0) is 23.0. The van der Waals surface area contributed by atoms with Crippen LogP contribution in [0.15, 0.2) is 12.2 Å². The maximum Gasteiger partial charge on any atom is 0.266 e. The van der Waals surface area contributed by atoms with Gasteiger partial charge >= 0.3 is 0 Å². The predicted molar refractivity (Wildman–Crippen MR) is 133 cm³/mol. The van der Waals surface area contributed by atoms with E-state index >= 15 is 0 Å². The van der Waals surface area contributed by atoms with E-state index in [4.69, 9.17) is 4.74 Å². The van der Waals surface area contributed by atoms with Crippen LogP contribution in [-0.2, 0) is 4.74 Å². The van der Waals surface area contributed by atoms with Crippen molar-refractivity contribution in [1.29, 1.82) is 0 Å². The molecule has 4 fully saturated rings. The summed E-state index contributed by atoms with van der Waals surface area (Å²) in [7, 11) is 0. The molecule has 2 atom stereocenters. The molecule has 0 aromatic heterocycles. The molecule has 3 aliphatic carbocycles. The first kappa shape index (κ1) is 25.6. The average molecular weight is 465 g/mol. The van der Waals surface area contributed by atoms with Crippen molar-refractivity contribution in [3.63, 3.8) is 0 Å². The Balaban J connectivity index is 1.11. The van der Waals surface area contributed by atoms with Crippen LogP contribution < -0.4 is 0 Å². The first-order valence-electron chi connectivity index (χ1n) is 14.7. The summed E-state index contributed by atoms with van der Waals surface area (Å²) in [5, 5.41) is 0. The Labute approximate surface area is 202 Å². The van der Waals surface area contributed by atoms with Crippen LogP contribution in [0, 0.1) is 41.4 Å². The van der Waals surface area contributed by atoms with Gasteiger partial charge in [-0.3, -0.25) is 0 Å². The second-order valence-electron chi connectivity index (χ2n) is 12.3. The van der Waals surface area contributed by atoms with E-state index in [1.54, 1.807) is 0 Å². The van der Waals surface area contributed by atoms with Crippen LogP contribution in [0.1, 0.15) is 122 Å². The molecular formula is C30H50F2O. The van der Waals surface area contributed by atoms with Crippen LogP contribution >= 0.6 is 0 Å². The molecule has 1 heterocycles. The molecule has 190 valence electrons. The first-order valence-corrected chi connectivity index (χ1v) is 14.7. The lowest BCUT2D eigenvalue weighted by atomic mass is 9.64. The molecule has 1 saturated heterocycles. The quantitative estimate of drug-likeness (QED) is 0.347. The standard InChI is InChI=1S/C30H50F2O/c1-2-4-29-20-19-28(21-33-29)27-17-15-26(16-18-27)25-13-11-24(12-14-25)23-9-7-22(8-10-23)5-3-6-30(31)32/h6,22-29H,2-5,7-21H2,1H3. The van der Waals surface area contributed by atoms with Gasteiger partial charge in [0.2, 0.25) is 0 Å². The highest BCUT2D eigenvalue weighted by Crippen LogP contribution is 2.47. The summed E-state index contributed by atoms with van der Waals surface area (Å²) < 4.78 is 30.7. The maximum atomic E-state index is 12.3. The number of allylic oxidation sites excluding steroid dienone is 1. The van der Waals surface area contributed by atoms with E-state index in [9.17, 15) is 8.78 Å². The van der Waals surface area contributed by atoms with Crippen LogP contribution in [0.2, 0.25) is 0 Å². The number of rotatable bonds is 8. The molecule has 0 N–H and O–H groups in total. The van der Waals surface area contributed by atoms with E-state index < -0.39 is 6.08 Å². The summed E-state index contributed by atoms with van der Waals surface area (Å²) in [5.74, 6) is 6.35. The molecule has 1 aliphatic heterocycles. The van der Waals surface area contributed by atoms with Crippen molar-refractivity contribution < 1.29 is 13.5 Å². The van der Waals surface area contributed by atoms with Crippen LogP contribution in [0.4, 0.5) is 8.78 Å². The summed E-state index contributed by atoms with van der Waals surface area (Å²) in [6.45, 7) is 3.31. The van der Waals surface area contributed by atoms with Crippen molar-refractivity contribution >= 4 is 0 Å². The minimum Gasteiger partial charge on any atom is -0.378 e. The van der Waals surface area contributed by atoms with Gasteiger partial charge in [-0.15, -0.1) is 0 Å². The third kappa shape index (κ3) is 7.52. The molecule has 0 spiro atoms. The molecule has 4 rings (SSSR count). The molecule has 1 nitrogen and oxygen atoms in total. The Morgan fingerprint density at radius 2 is 1.09 bits per heavy atom. The fraction of sp³-hybridized carbons (Fsp3) is 0.933. The highest BCUT2D eigenvalue weighted by atomic mass is 19.3. The van der Waals surface area contributed by atoms with Crippen molar-refractivity contribution in [1.82, 2.24) is 0 Å². The first-order chi connectivity index (χ1) is 16.1.